The van der Waals surface area contributed by atoms with Gasteiger partial charge >= 0.3 is 17.9 Å². The molecule has 6 heteroatoms. The summed E-state index contributed by atoms with van der Waals surface area (Å²) in [5, 5.41) is 0. The van der Waals surface area contributed by atoms with Crippen LogP contribution in [0.1, 0.15) is 342 Å². The van der Waals surface area contributed by atoms with E-state index >= 15 is 0 Å². The van der Waals surface area contributed by atoms with E-state index in [1.165, 1.54) is 218 Å². The predicted molar refractivity (Wildman–Crippen MR) is 307 cm³/mol. The van der Waals surface area contributed by atoms with Crippen molar-refractivity contribution in [2.45, 2.75) is 348 Å². The van der Waals surface area contributed by atoms with Crippen molar-refractivity contribution in [1.82, 2.24) is 0 Å². The van der Waals surface area contributed by atoms with E-state index in [0.29, 0.717) is 19.3 Å². The number of carbonyl (C=O) groups is 3. The fourth-order valence-corrected chi connectivity index (χ4v) is 9.39. The largest absolute Gasteiger partial charge is 0.462 e. The number of hydrogen-bond acceptors (Lipinski definition) is 6. The van der Waals surface area contributed by atoms with Crippen LogP contribution in [-0.4, -0.2) is 37.2 Å². The molecule has 0 rings (SSSR count). The first kappa shape index (κ1) is 68.6. The van der Waals surface area contributed by atoms with Gasteiger partial charge in [0.25, 0.3) is 0 Å². The SMILES string of the molecule is CCCCC/C=C\C/C=C\C/C=C\CCCCCCC(=O)OC[C@H](COC(=O)CCCCCCCCCCCCCCCCCCCCC)OC(=O)CCCCCCCCCCCCCCCCCCC. The molecule has 0 saturated carbocycles. The molecule has 6 nitrogen and oxygen atoms in total. The third-order valence-corrected chi connectivity index (χ3v) is 14.1. The average molecular weight is 998 g/mol. The summed E-state index contributed by atoms with van der Waals surface area (Å²) in [6, 6.07) is 0. The van der Waals surface area contributed by atoms with Gasteiger partial charge in [0.2, 0.25) is 0 Å². The molecule has 0 bridgehead atoms. The zero-order chi connectivity index (χ0) is 51.4. The molecule has 0 aromatic heterocycles. The molecule has 0 spiro atoms. The highest BCUT2D eigenvalue weighted by atomic mass is 16.6. The Morgan fingerprint density at radius 1 is 0.282 bits per heavy atom. The summed E-state index contributed by atoms with van der Waals surface area (Å²) >= 11 is 0. The van der Waals surface area contributed by atoms with E-state index in [2.05, 4.69) is 57.2 Å². The minimum atomic E-state index is -0.778. The number of allylic oxidation sites excluding steroid dienone is 6. The number of unbranched alkanes of at least 4 members (excludes halogenated alkanes) is 41. The van der Waals surface area contributed by atoms with Crippen molar-refractivity contribution in [3.8, 4) is 0 Å². The van der Waals surface area contributed by atoms with Crippen LogP contribution in [0.2, 0.25) is 0 Å². The number of carbonyl (C=O) groups excluding carboxylic acids is 3. The second kappa shape index (κ2) is 60.2. The highest BCUT2D eigenvalue weighted by Crippen LogP contribution is 2.18. The predicted octanol–water partition coefficient (Wildman–Crippen LogP) is 21.2. The molecule has 71 heavy (non-hydrogen) atoms. The number of esters is 3. The third-order valence-electron chi connectivity index (χ3n) is 14.1. The quantitative estimate of drug-likeness (QED) is 0.0261. The second-order valence-corrected chi connectivity index (χ2v) is 21.3. The van der Waals surface area contributed by atoms with Gasteiger partial charge < -0.3 is 14.2 Å². The van der Waals surface area contributed by atoms with Crippen molar-refractivity contribution >= 4 is 17.9 Å². The number of rotatable bonds is 58. The Hall–Kier alpha value is -2.37. The van der Waals surface area contributed by atoms with Gasteiger partial charge in [0.05, 0.1) is 0 Å². The Balaban J connectivity index is 4.35. The van der Waals surface area contributed by atoms with E-state index in [4.69, 9.17) is 14.2 Å². The molecule has 0 aliphatic carbocycles. The molecule has 0 aliphatic heterocycles. The Morgan fingerprint density at radius 2 is 0.507 bits per heavy atom. The summed E-state index contributed by atoms with van der Waals surface area (Å²) in [5.74, 6) is -0.871. The van der Waals surface area contributed by atoms with E-state index in [-0.39, 0.29) is 31.1 Å². The second-order valence-electron chi connectivity index (χ2n) is 21.3. The molecule has 1 atom stereocenters. The molecule has 416 valence electrons. The molecule has 0 amide bonds. The lowest BCUT2D eigenvalue weighted by Crippen LogP contribution is -2.30. The van der Waals surface area contributed by atoms with E-state index < -0.39 is 6.10 Å². The zero-order valence-electron chi connectivity index (χ0n) is 47.8. The van der Waals surface area contributed by atoms with Crippen LogP contribution in [0.5, 0.6) is 0 Å². The van der Waals surface area contributed by atoms with Gasteiger partial charge in [-0.15, -0.1) is 0 Å². The van der Waals surface area contributed by atoms with Crippen LogP contribution in [0.25, 0.3) is 0 Å². The molecule has 0 N–H and O–H groups in total. The summed E-state index contributed by atoms with van der Waals surface area (Å²) in [6.07, 6.45) is 72.8. The molecule has 0 unspecified atom stereocenters. The van der Waals surface area contributed by atoms with Gasteiger partial charge in [0.15, 0.2) is 6.10 Å². The first-order chi connectivity index (χ1) is 35.0. The molecule has 0 heterocycles. The summed E-state index contributed by atoms with van der Waals surface area (Å²) in [7, 11) is 0. The first-order valence-electron chi connectivity index (χ1n) is 31.5. The molecule has 0 saturated heterocycles. The van der Waals surface area contributed by atoms with Crippen molar-refractivity contribution < 1.29 is 28.6 Å². The molecule has 0 aromatic carbocycles. The monoisotopic (exact) mass is 997 g/mol. The minimum absolute atomic E-state index is 0.0739. The van der Waals surface area contributed by atoms with Gasteiger partial charge in [0, 0.05) is 19.3 Å². The van der Waals surface area contributed by atoms with Crippen LogP contribution in [0, 0.1) is 0 Å². The Bertz CT molecular complexity index is 1190. The molecule has 0 aliphatic rings. The summed E-state index contributed by atoms with van der Waals surface area (Å²) in [6.45, 7) is 6.66. The van der Waals surface area contributed by atoms with Crippen molar-refractivity contribution in [3.05, 3.63) is 36.5 Å². The summed E-state index contributed by atoms with van der Waals surface area (Å²) < 4.78 is 16.9. The topological polar surface area (TPSA) is 78.9 Å². The van der Waals surface area contributed by atoms with Crippen LogP contribution < -0.4 is 0 Å². The Labute approximate surface area is 442 Å². The lowest BCUT2D eigenvalue weighted by atomic mass is 10.0. The van der Waals surface area contributed by atoms with Crippen LogP contribution in [0.15, 0.2) is 36.5 Å². The lowest BCUT2D eigenvalue weighted by molar-refractivity contribution is -0.167. The Morgan fingerprint density at radius 3 is 0.817 bits per heavy atom. The molecule has 0 fully saturated rings. The first-order valence-corrected chi connectivity index (χ1v) is 31.5. The maximum atomic E-state index is 12.9. The highest BCUT2D eigenvalue weighted by molar-refractivity contribution is 5.71. The van der Waals surface area contributed by atoms with Crippen molar-refractivity contribution in [1.29, 1.82) is 0 Å². The van der Waals surface area contributed by atoms with Gasteiger partial charge in [-0.05, 0) is 57.8 Å². The number of ether oxygens (including phenoxy) is 3. The van der Waals surface area contributed by atoms with Gasteiger partial charge in [-0.1, -0.05) is 301 Å². The van der Waals surface area contributed by atoms with Crippen molar-refractivity contribution in [2.24, 2.45) is 0 Å². The normalized spacial score (nSPS) is 12.2. The standard InChI is InChI=1S/C65H120O6/c1-4-7-10-13-16-19-22-25-28-31-32-35-37-40-43-46-49-52-55-58-64(67)70-61-62(71-65(68)59-56-53-50-47-44-41-38-34-30-27-24-21-18-15-12-9-6-3)60-69-63(66)57-54-51-48-45-42-39-36-33-29-26-23-20-17-14-11-8-5-2/h17,20,26,29,36,39,62H,4-16,18-19,21-25,27-28,30-35,37-38,40-61H2,1-3H3/b20-17-,29-26-,39-36-/t62-/m1/s1. The molecular weight excluding hydrogens is 877 g/mol. The van der Waals surface area contributed by atoms with Crippen LogP contribution >= 0.6 is 0 Å². The summed E-state index contributed by atoms with van der Waals surface area (Å²) in [4.78, 5) is 38.3. The van der Waals surface area contributed by atoms with Gasteiger partial charge in [-0.2, -0.15) is 0 Å². The van der Waals surface area contributed by atoms with Crippen LogP contribution in [-0.2, 0) is 28.6 Å². The van der Waals surface area contributed by atoms with Crippen LogP contribution in [0.4, 0.5) is 0 Å². The zero-order valence-corrected chi connectivity index (χ0v) is 47.8. The van der Waals surface area contributed by atoms with Crippen molar-refractivity contribution in [2.75, 3.05) is 13.2 Å². The summed E-state index contributed by atoms with van der Waals surface area (Å²) in [5.41, 5.74) is 0. The maximum Gasteiger partial charge on any atom is 0.306 e. The van der Waals surface area contributed by atoms with Gasteiger partial charge in [-0.3, -0.25) is 14.4 Å². The molecular formula is C65H120O6. The fraction of sp³-hybridized carbons (Fsp3) is 0.862. The maximum absolute atomic E-state index is 12.9. The van der Waals surface area contributed by atoms with Gasteiger partial charge in [0.1, 0.15) is 13.2 Å². The average Bonchev–Trinajstić information content (AvgIpc) is 3.37. The van der Waals surface area contributed by atoms with E-state index in [1.54, 1.807) is 0 Å². The lowest BCUT2D eigenvalue weighted by Gasteiger charge is -2.18. The molecule has 0 aromatic rings. The van der Waals surface area contributed by atoms with E-state index in [9.17, 15) is 14.4 Å². The third kappa shape index (κ3) is 58.4. The highest BCUT2D eigenvalue weighted by Gasteiger charge is 2.19. The van der Waals surface area contributed by atoms with Gasteiger partial charge in [-0.25, -0.2) is 0 Å². The minimum Gasteiger partial charge on any atom is -0.462 e. The van der Waals surface area contributed by atoms with Crippen molar-refractivity contribution in [3.63, 3.8) is 0 Å². The Kier molecular flexibility index (Phi) is 58.2. The smallest absolute Gasteiger partial charge is 0.306 e. The van der Waals surface area contributed by atoms with E-state index in [1.807, 2.05) is 0 Å². The fourth-order valence-electron chi connectivity index (χ4n) is 9.39. The number of hydrogen-bond donors (Lipinski definition) is 0. The molecule has 0 radical (unpaired) electrons. The van der Waals surface area contributed by atoms with Crippen LogP contribution in [0.3, 0.4) is 0 Å². The van der Waals surface area contributed by atoms with E-state index in [0.717, 1.165) is 83.5 Å².